The van der Waals surface area contributed by atoms with Crippen molar-refractivity contribution in [2.75, 3.05) is 11.9 Å². The molecule has 2 N–H and O–H groups in total. The van der Waals surface area contributed by atoms with E-state index in [1.165, 1.54) is 12.3 Å². The standard InChI is InChI=1S/C13H19N3O2/c1-12(2)9(13(12,3)4)7-14-10-8(11(17)18)5-6-15-16-10/h5-6,9H,7H2,1-4H3,(H,14,16)(H,17,18). The monoisotopic (exact) mass is 249 g/mol. The summed E-state index contributed by atoms with van der Waals surface area (Å²) < 4.78 is 0. The van der Waals surface area contributed by atoms with E-state index in [4.69, 9.17) is 5.11 Å². The third-order valence-corrected chi connectivity index (χ3v) is 4.74. The van der Waals surface area contributed by atoms with E-state index in [-0.39, 0.29) is 16.4 Å². The summed E-state index contributed by atoms with van der Waals surface area (Å²) in [4.78, 5) is 11.0. The van der Waals surface area contributed by atoms with E-state index in [0.717, 1.165) is 6.54 Å². The molecular formula is C13H19N3O2. The van der Waals surface area contributed by atoms with Crippen LogP contribution in [0.5, 0.6) is 0 Å². The molecule has 0 saturated heterocycles. The zero-order valence-electron chi connectivity index (χ0n) is 11.2. The second-order valence-corrected chi connectivity index (χ2v) is 5.98. The molecule has 0 radical (unpaired) electrons. The van der Waals surface area contributed by atoms with Gasteiger partial charge in [-0.1, -0.05) is 27.7 Å². The summed E-state index contributed by atoms with van der Waals surface area (Å²) in [6.07, 6.45) is 1.39. The molecule has 1 aliphatic rings. The van der Waals surface area contributed by atoms with Crippen molar-refractivity contribution in [2.45, 2.75) is 27.7 Å². The van der Waals surface area contributed by atoms with Gasteiger partial charge in [-0.15, -0.1) is 5.10 Å². The summed E-state index contributed by atoms with van der Waals surface area (Å²) in [5.41, 5.74) is 0.707. The summed E-state index contributed by atoms with van der Waals surface area (Å²) in [6, 6.07) is 1.46. The molecule has 0 atom stereocenters. The number of rotatable bonds is 4. The second kappa shape index (κ2) is 3.93. The Morgan fingerprint density at radius 3 is 2.50 bits per heavy atom. The van der Waals surface area contributed by atoms with Crippen LogP contribution in [-0.2, 0) is 0 Å². The largest absolute Gasteiger partial charge is 0.478 e. The van der Waals surface area contributed by atoms with Gasteiger partial charge in [0.25, 0.3) is 0 Å². The Labute approximate surface area is 107 Å². The number of hydrogen-bond donors (Lipinski definition) is 2. The van der Waals surface area contributed by atoms with Crippen molar-refractivity contribution in [2.24, 2.45) is 16.7 Å². The summed E-state index contributed by atoms with van der Waals surface area (Å²) in [5, 5.41) is 19.7. The van der Waals surface area contributed by atoms with E-state index in [1.807, 2.05) is 0 Å². The van der Waals surface area contributed by atoms with E-state index in [2.05, 4.69) is 43.2 Å². The lowest BCUT2D eigenvalue weighted by molar-refractivity contribution is 0.0697. The third kappa shape index (κ3) is 1.83. The van der Waals surface area contributed by atoms with Crippen LogP contribution in [0.3, 0.4) is 0 Å². The van der Waals surface area contributed by atoms with Gasteiger partial charge in [-0.3, -0.25) is 0 Å². The normalized spacial score (nSPS) is 20.4. The van der Waals surface area contributed by atoms with Crippen LogP contribution >= 0.6 is 0 Å². The van der Waals surface area contributed by atoms with Gasteiger partial charge in [0.05, 0.1) is 6.20 Å². The molecule has 0 unspecified atom stereocenters. The first-order valence-electron chi connectivity index (χ1n) is 6.07. The number of hydrogen-bond acceptors (Lipinski definition) is 4. The van der Waals surface area contributed by atoms with Gasteiger partial charge in [0, 0.05) is 6.54 Å². The molecule has 1 aromatic heterocycles. The van der Waals surface area contributed by atoms with Crippen molar-refractivity contribution in [1.29, 1.82) is 0 Å². The van der Waals surface area contributed by atoms with Gasteiger partial charge in [0.2, 0.25) is 0 Å². The summed E-state index contributed by atoms with van der Waals surface area (Å²) in [6.45, 7) is 9.64. The van der Waals surface area contributed by atoms with Crippen LogP contribution in [0.4, 0.5) is 5.82 Å². The third-order valence-electron chi connectivity index (χ3n) is 4.74. The minimum Gasteiger partial charge on any atom is -0.478 e. The second-order valence-electron chi connectivity index (χ2n) is 5.98. The van der Waals surface area contributed by atoms with Gasteiger partial charge in [0.15, 0.2) is 5.82 Å². The van der Waals surface area contributed by atoms with Crippen molar-refractivity contribution < 1.29 is 9.90 Å². The fraction of sp³-hybridized carbons (Fsp3) is 0.615. The molecule has 1 aromatic rings. The zero-order chi connectivity index (χ0) is 13.6. The topological polar surface area (TPSA) is 75.1 Å². The zero-order valence-corrected chi connectivity index (χ0v) is 11.2. The first kappa shape index (κ1) is 12.8. The predicted octanol–water partition coefficient (Wildman–Crippen LogP) is 2.27. The van der Waals surface area contributed by atoms with Crippen LogP contribution in [0.2, 0.25) is 0 Å². The maximum Gasteiger partial charge on any atom is 0.339 e. The quantitative estimate of drug-likeness (QED) is 0.856. The molecule has 1 heterocycles. The fourth-order valence-corrected chi connectivity index (χ4v) is 2.68. The van der Waals surface area contributed by atoms with Crippen LogP contribution in [0.1, 0.15) is 38.1 Å². The molecule has 0 aliphatic heterocycles. The lowest BCUT2D eigenvalue weighted by Gasteiger charge is -2.08. The predicted molar refractivity (Wildman–Crippen MR) is 68.5 cm³/mol. The molecule has 1 saturated carbocycles. The molecule has 1 aliphatic carbocycles. The maximum absolute atomic E-state index is 11.0. The Morgan fingerprint density at radius 1 is 1.39 bits per heavy atom. The minimum atomic E-state index is -0.985. The Balaban J connectivity index is 2.07. The van der Waals surface area contributed by atoms with Crippen molar-refractivity contribution >= 4 is 11.8 Å². The van der Waals surface area contributed by atoms with Gasteiger partial charge in [-0.25, -0.2) is 4.79 Å². The molecule has 18 heavy (non-hydrogen) atoms. The van der Waals surface area contributed by atoms with E-state index >= 15 is 0 Å². The Morgan fingerprint density at radius 2 is 2.00 bits per heavy atom. The highest BCUT2D eigenvalue weighted by atomic mass is 16.4. The number of aromatic nitrogens is 2. The van der Waals surface area contributed by atoms with E-state index < -0.39 is 5.97 Å². The average molecular weight is 249 g/mol. The van der Waals surface area contributed by atoms with Gasteiger partial charge >= 0.3 is 5.97 Å². The van der Waals surface area contributed by atoms with Crippen molar-refractivity contribution in [1.82, 2.24) is 10.2 Å². The molecule has 5 nitrogen and oxygen atoms in total. The molecule has 0 spiro atoms. The van der Waals surface area contributed by atoms with Gasteiger partial charge in [-0.05, 0) is 22.8 Å². The number of carboxylic acids is 1. The van der Waals surface area contributed by atoms with E-state index in [0.29, 0.717) is 11.7 Å². The maximum atomic E-state index is 11.0. The van der Waals surface area contributed by atoms with Crippen molar-refractivity contribution in [3.05, 3.63) is 17.8 Å². The molecule has 0 amide bonds. The number of aromatic carboxylic acids is 1. The lowest BCUT2D eigenvalue weighted by Crippen LogP contribution is -2.13. The summed E-state index contributed by atoms with van der Waals surface area (Å²) in [5.74, 6) is -0.126. The highest BCUT2D eigenvalue weighted by Crippen LogP contribution is 2.68. The van der Waals surface area contributed by atoms with Gasteiger partial charge in [0.1, 0.15) is 5.56 Å². The molecular weight excluding hydrogens is 230 g/mol. The molecule has 1 fully saturated rings. The van der Waals surface area contributed by atoms with Crippen molar-refractivity contribution in [3.8, 4) is 0 Å². The Bertz CT molecular complexity index is 469. The molecule has 98 valence electrons. The SMILES string of the molecule is CC1(C)C(CNc2nnccc2C(=O)O)C1(C)C. The number of anilines is 1. The van der Waals surface area contributed by atoms with E-state index in [9.17, 15) is 4.79 Å². The lowest BCUT2D eigenvalue weighted by atomic mass is 10.0. The van der Waals surface area contributed by atoms with Crippen molar-refractivity contribution in [3.63, 3.8) is 0 Å². The first-order chi connectivity index (χ1) is 8.28. The Kier molecular flexibility index (Phi) is 2.80. The Hall–Kier alpha value is -1.65. The minimum absolute atomic E-state index is 0.168. The smallest absolute Gasteiger partial charge is 0.339 e. The van der Waals surface area contributed by atoms with Crippen LogP contribution < -0.4 is 5.32 Å². The summed E-state index contributed by atoms with van der Waals surface area (Å²) >= 11 is 0. The summed E-state index contributed by atoms with van der Waals surface area (Å²) in [7, 11) is 0. The van der Waals surface area contributed by atoms with Crippen LogP contribution in [-0.4, -0.2) is 27.8 Å². The molecule has 2 rings (SSSR count). The van der Waals surface area contributed by atoms with Crippen LogP contribution in [0.15, 0.2) is 12.3 Å². The highest BCUT2D eigenvalue weighted by Gasteiger charge is 2.64. The molecule has 0 bridgehead atoms. The first-order valence-corrected chi connectivity index (χ1v) is 6.07. The number of carbonyl (C=O) groups is 1. The number of carboxylic acid groups (broad SMARTS) is 1. The molecule has 5 heteroatoms. The number of nitrogens with one attached hydrogen (secondary N) is 1. The average Bonchev–Trinajstić information content (AvgIpc) is 2.67. The highest BCUT2D eigenvalue weighted by molar-refractivity contribution is 5.92. The number of nitrogens with zero attached hydrogens (tertiary/aromatic N) is 2. The van der Waals surface area contributed by atoms with Crippen LogP contribution in [0.25, 0.3) is 0 Å². The van der Waals surface area contributed by atoms with E-state index in [1.54, 1.807) is 0 Å². The molecule has 0 aromatic carbocycles. The van der Waals surface area contributed by atoms with Gasteiger partial charge < -0.3 is 10.4 Å². The fourth-order valence-electron chi connectivity index (χ4n) is 2.68. The van der Waals surface area contributed by atoms with Gasteiger partial charge in [-0.2, -0.15) is 5.10 Å². The van der Waals surface area contributed by atoms with Crippen LogP contribution in [0, 0.1) is 16.7 Å².